The average Bonchev–Trinajstić information content (AvgIpc) is 3.04. The first kappa shape index (κ1) is 23.1. The molecule has 0 amide bonds. The molecule has 0 aliphatic heterocycles. The molecule has 3 aromatic rings. The van der Waals surface area contributed by atoms with Gasteiger partial charge in [0.15, 0.2) is 0 Å². The van der Waals surface area contributed by atoms with Crippen molar-refractivity contribution in [3.63, 3.8) is 0 Å². The van der Waals surface area contributed by atoms with Crippen LogP contribution < -0.4 is 4.74 Å². The number of nitrogens with zero attached hydrogens (tertiary/aromatic N) is 5. The molecule has 32 heavy (non-hydrogen) atoms. The Bertz CT molecular complexity index is 1220. The van der Waals surface area contributed by atoms with Crippen molar-refractivity contribution < 1.29 is 22.8 Å². The van der Waals surface area contributed by atoms with Crippen molar-refractivity contribution in [3.8, 4) is 22.9 Å². The molecule has 0 spiro atoms. The molecule has 1 aromatic carbocycles. The number of ether oxygens (including phenoxy) is 1. The van der Waals surface area contributed by atoms with Crippen LogP contribution in [-0.4, -0.2) is 26.8 Å². The van der Waals surface area contributed by atoms with Gasteiger partial charge in [-0.3, -0.25) is 14.8 Å². The molecule has 0 saturated heterocycles. The number of nitriles is 1. The SMILES string of the molecule is COc1ccc(-c2cc(C(F)(F)F)nc(SCn3nc(C)c([N+](=O)[O-])c3C)c2C#N)cc1. The van der Waals surface area contributed by atoms with Crippen LogP contribution in [0.3, 0.4) is 0 Å². The van der Waals surface area contributed by atoms with E-state index in [1.165, 1.54) is 25.6 Å². The number of pyridine rings is 1. The number of benzene rings is 1. The predicted octanol–water partition coefficient (Wildman–Crippen LogP) is 5.12. The molecule has 0 aliphatic rings. The Hall–Kier alpha value is -3.59. The molecule has 166 valence electrons. The van der Waals surface area contributed by atoms with Gasteiger partial charge in [-0.25, -0.2) is 4.98 Å². The molecule has 0 unspecified atom stereocenters. The summed E-state index contributed by atoms with van der Waals surface area (Å²) in [5.41, 5.74) is -0.459. The molecule has 12 heteroatoms. The third kappa shape index (κ3) is 4.52. The van der Waals surface area contributed by atoms with Crippen molar-refractivity contribution in [1.29, 1.82) is 5.26 Å². The van der Waals surface area contributed by atoms with Crippen LogP contribution in [0.25, 0.3) is 11.1 Å². The standard InChI is InChI=1S/C20H16F3N5O3S/c1-11-18(28(29)30)12(2)27(26-11)10-32-19-16(9-24)15(8-17(25-19)20(21,22)23)13-4-6-14(31-3)7-5-13/h4-8H,10H2,1-3H3. The lowest BCUT2D eigenvalue weighted by molar-refractivity contribution is -0.386. The lowest BCUT2D eigenvalue weighted by atomic mass is 10.0. The number of nitro groups is 1. The minimum absolute atomic E-state index is 0.0378. The summed E-state index contributed by atoms with van der Waals surface area (Å²) in [4.78, 5) is 14.3. The Balaban J connectivity index is 2.08. The number of alkyl halides is 3. The minimum atomic E-state index is -4.73. The van der Waals surface area contributed by atoms with Crippen LogP contribution in [0.1, 0.15) is 22.6 Å². The summed E-state index contributed by atoms with van der Waals surface area (Å²) < 4.78 is 46.9. The first-order valence-electron chi connectivity index (χ1n) is 9.04. The zero-order chi connectivity index (χ0) is 23.6. The molecule has 0 aliphatic carbocycles. The highest BCUT2D eigenvalue weighted by atomic mass is 32.2. The van der Waals surface area contributed by atoms with Crippen molar-refractivity contribution in [1.82, 2.24) is 14.8 Å². The molecule has 0 fully saturated rings. The topological polar surface area (TPSA) is 107 Å². The zero-order valence-electron chi connectivity index (χ0n) is 17.1. The van der Waals surface area contributed by atoms with Crippen LogP contribution in [-0.2, 0) is 12.1 Å². The minimum Gasteiger partial charge on any atom is -0.497 e. The van der Waals surface area contributed by atoms with Crippen LogP contribution in [0.4, 0.5) is 18.9 Å². The number of rotatable bonds is 6. The van der Waals surface area contributed by atoms with Crippen LogP contribution in [0, 0.1) is 35.3 Å². The molecule has 2 heterocycles. The molecule has 2 aromatic heterocycles. The number of hydrogen-bond donors (Lipinski definition) is 0. The van der Waals surface area contributed by atoms with E-state index in [2.05, 4.69) is 10.1 Å². The summed E-state index contributed by atoms with van der Waals surface area (Å²) in [7, 11) is 1.46. The van der Waals surface area contributed by atoms with Gasteiger partial charge in [-0.15, -0.1) is 0 Å². The number of methoxy groups -OCH3 is 1. The molecule has 0 radical (unpaired) electrons. The van der Waals surface area contributed by atoms with E-state index in [1.54, 1.807) is 24.3 Å². The first-order chi connectivity index (χ1) is 15.1. The maximum Gasteiger partial charge on any atom is 0.433 e. The lowest BCUT2D eigenvalue weighted by Gasteiger charge is -2.14. The number of aromatic nitrogens is 3. The van der Waals surface area contributed by atoms with Gasteiger partial charge in [-0.05, 0) is 37.6 Å². The fraction of sp³-hybridized carbons (Fsp3) is 0.250. The Kier molecular flexibility index (Phi) is 6.40. The van der Waals surface area contributed by atoms with E-state index in [9.17, 15) is 28.5 Å². The van der Waals surface area contributed by atoms with Gasteiger partial charge in [0.25, 0.3) is 0 Å². The van der Waals surface area contributed by atoms with Gasteiger partial charge in [-0.1, -0.05) is 23.9 Å². The van der Waals surface area contributed by atoms with E-state index >= 15 is 0 Å². The van der Waals surface area contributed by atoms with E-state index in [1.807, 2.05) is 6.07 Å². The summed E-state index contributed by atoms with van der Waals surface area (Å²) >= 11 is 0.839. The second-order valence-electron chi connectivity index (χ2n) is 6.62. The van der Waals surface area contributed by atoms with Gasteiger partial charge >= 0.3 is 11.9 Å². The van der Waals surface area contributed by atoms with Gasteiger partial charge < -0.3 is 4.74 Å². The van der Waals surface area contributed by atoms with E-state index in [-0.39, 0.29) is 39.1 Å². The number of halogens is 3. The fourth-order valence-electron chi connectivity index (χ4n) is 3.08. The van der Waals surface area contributed by atoms with Gasteiger partial charge in [0.2, 0.25) is 0 Å². The van der Waals surface area contributed by atoms with Crippen LogP contribution >= 0.6 is 11.8 Å². The van der Waals surface area contributed by atoms with Crippen molar-refractivity contribution >= 4 is 17.4 Å². The maximum absolute atomic E-state index is 13.5. The van der Waals surface area contributed by atoms with E-state index in [0.29, 0.717) is 11.3 Å². The molecule has 0 atom stereocenters. The Morgan fingerprint density at radius 3 is 2.44 bits per heavy atom. The Morgan fingerprint density at radius 1 is 1.28 bits per heavy atom. The molecular formula is C20H16F3N5O3S. The number of aryl methyl sites for hydroxylation is 1. The average molecular weight is 463 g/mol. The molecule has 3 rings (SSSR count). The van der Waals surface area contributed by atoms with E-state index < -0.39 is 16.8 Å². The van der Waals surface area contributed by atoms with Gasteiger partial charge in [0.05, 0.1) is 23.5 Å². The smallest absolute Gasteiger partial charge is 0.433 e. The molecular weight excluding hydrogens is 447 g/mol. The van der Waals surface area contributed by atoms with E-state index in [0.717, 1.165) is 17.8 Å². The van der Waals surface area contributed by atoms with Crippen molar-refractivity contribution in [3.05, 3.63) is 63.1 Å². The van der Waals surface area contributed by atoms with Crippen LogP contribution in [0.2, 0.25) is 0 Å². The zero-order valence-corrected chi connectivity index (χ0v) is 17.9. The highest BCUT2D eigenvalue weighted by Gasteiger charge is 2.34. The van der Waals surface area contributed by atoms with Crippen molar-refractivity contribution in [2.45, 2.75) is 30.9 Å². The third-order valence-electron chi connectivity index (χ3n) is 4.64. The highest BCUT2D eigenvalue weighted by molar-refractivity contribution is 7.98. The van der Waals surface area contributed by atoms with Crippen LogP contribution in [0.5, 0.6) is 5.75 Å². The van der Waals surface area contributed by atoms with Crippen LogP contribution in [0.15, 0.2) is 35.4 Å². The molecule has 0 bridgehead atoms. The highest BCUT2D eigenvalue weighted by Crippen LogP contribution is 2.38. The Morgan fingerprint density at radius 2 is 1.94 bits per heavy atom. The largest absolute Gasteiger partial charge is 0.497 e. The van der Waals surface area contributed by atoms with Gasteiger partial charge in [-0.2, -0.15) is 23.5 Å². The predicted molar refractivity (Wildman–Crippen MR) is 110 cm³/mol. The summed E-state index contributed by atoms with van der Waals surface area (Å²) in [6, 6.07) is 9.02. The number of hydrogen-bond acceptors (Lipinski definition) is 7. The van der Waals surface area contributed by atoms with Crippen molar-refractivity contribution in [2.24, 2.45) is 0 Å². The summed E-state index contributed by atoms with van der Waals surface area (Å²) in [6.45, 7) is 2.96. The Labute approximate surface area is 184 Å². The monoisotopic (exact) mass is 463 g/mol. The summed E-state index contributed by atoms with van der Waals surface area (Å²) in [6.07, 6.45) is -4.73. The van der Waals surface area contributed by atoms with Gasteiger partial charge in [0, 0.05) is 5.56 Å². The second-order valence-corrected chi connectivity index (χ2v) is 7.56. The second kappa shape index (κ2) is 8.88. The van der Waals surface area contributed by atoms with Crippen molar-refractivity contribution in [2.75, 3.05) is 7.11 Å². The van der Waals surface area contributed by atoms with Gasteiger partial charge in [0.1, 0.15) is 33.9 Å². The first-order valence-corrected chi connectivity index (χ1v) is 10.0. The summed E-state index contributed by atoms with van der Waals surface area (Å²) in [5.74, 6) is 0.448. The van der Waals surface area contributed by atoms with E-state index in [4.69, 9.17) is 4.74 Å². The third-order valence-corrected chi connectivity index (χ3v) is 5.58. The summed E-state index contributed by atoms with van der Waals surface area (Å²) in [5, 5.41) is 24.8. The molecule has 0 saturated carbocycles. The normalized spacial score (nSPS) is 11.3. The molecule has 8 nitrogen and oxygen atoms in total. The maximum atomic E-state index is 13.5. The molecule has 0 N–H and O–H groups in total. The quantitative estimate of drug-likeness (QED) is 0.284. The fourth-order valence-corrected chi connectivity index (χ4v) is 4.04. The number of thioether (sulfide) groups is 1. The lowest BCUT2D eigenvalue weighted by Crippen LogP contribution is -2.11.